The Morgan fingerprint density at radius 2 is 2.07 bits per heavy atom. The summed E-state index contributed by atoms with van der Waals surface area (Å²) in [7, 11) is -0.218. The second kappa shape index (κ2) is 6.82. The van der Waals surface area contributed by atoms with E-state index in [0.717, 1.165) is 0 Å². The zero-order valence-electron chi connectivity index (χ0n) is 8.60. The standard InChI is InChI=1S/C10H15BO2S/c1-3-12-11(13-4-2)7-5-10-6-8-14-9-10/h5-9H,3-4H2,1-2H3/b7-5+. The van der Waals surface area contributed by atoms with E-state index < -0.39 is 0 Å². The molecule has 0 spiro atoms. The summed E-state index contributed by atoms with van der Waals surface area (Å²) in [5.41, 5.74) is 1.19. The highest BCUT2D eigenvalue weighted by Gasteiger charge is 2.11. The van der Waals surface area contributed by atoms with Gasteiger partial charge < -0.3 is 9.31 Å². The van der Waals surface area contributed by atoms with Crippen LogP contribution in [0.15, 0.2) is 22.8 Å². The van der Waals surface area contributed by atoms with Crippen LogP contribution in [-0.2, 0) is 9.31 Å². The van der Waals surface area contributed by atoms with E-state index in [2.05, 4.69) is 16.8 Å². The van der Waals surface area contributed by atoms with Gasteiger partial charge in [0, 0.05) is 13.2 Å². The van der Waals surface area contributed by atoms with E-state index in [9.17, 15) is 0 Å². The summed E-state index contributed by atoms with van der Waals surface area (Å²) in [5, 5.41) is 4.14. The minimum Gasteiger partial charge on any atom is -0.408 e. The average Bonchev–Trinajstić information content (AvgIpc) is 2.67. The van der Waals surface area contributed by atoms with Gasteiger partial charge in [-0.2, -0.15) is 11.3 Å². The fourth-order valence-electron chi connectivity index (χ4n) is 1.05. The highest BCUT2D eigenvalue weighted by atomic mass is 32.1. The molecule has 14 heavy (non-hydrogen) atoms. The zero-order chi connectivity index (χ0) is 10.2. The van der Waals surface area contributed by atoms with Crippen LogP contribution in [0.25, 0.3) is 6.08 Å². The van der Waals surface area contributed by atoms with Gasteiger partial charge in [0.2, 0.25) is 0 Å². The van der Waals surface area contributed by atoms with Crippen LogP contribution in [0.5, 0.6) is 0 Å². The first kappa shape index (κ1) is 11.5. The monoisotopic (exact) mass is 210 g/mol. The molecule has 0 fully saturated rings. The van der Waals surface area contributed by atoms with Gasteiger partial charge in [0.05, 0.1) is 0 Å². The summed E-state index contributed by atoms with van der Waals surface area (Å²) >= 11 is 1.69. The molecule has 2 nitrogen and oxygen atoms in total. The normalized spacial score (nSPS) is 11.0. The molecule has 0 unspecified atom stereocenters. The van der Waals surface area contributed by atoms with Crippen LogP contribution in [-0.4, -0.2) is 20.3 Å². The molecule has 0 aliphatic carbocycles. The van der Waals surface area contributed by atoms with Gasteiger partial charge in [-0.25, -0.2) is 0 Å². The van der Waals surface area contributed by atoms with Crippen LogP contribution in [0.4, 0.5) is 0 Å². The largest absolute Gasteiger partial charge is 0.486 e. The highest BCUT2D eigenvalue weighted by molar-refractivity contribution is 7.08. The maximum absolute atomic E-state index is 5.38. The van der Waals surface area contributed by atoms with E-state index in [-0.39, 0.29) is 7.12 Å². The predicted octanol–water partition coefficient (Wildman–Crippen LogP) is 2.86. The molecule has 1 rings (SSSR count). The summed E-state index contributed by atoms with van der Waals surface area (Å²) in [6.07, 6.45) is 2.02. The Hall–Kier alpha value is -0.575. The van der Waals surface area contributed by atoms with Crippen molar-refractivity contribution in [1.82, 2.24) is 0 Å². The van der Waals surface area contributed by atoms with E-state index in [4.69, 9.17) is 9.31 Å². The maximum atomic E-state index is 5.38. The predicted molar refractivity (Wildman–Crippen MR) is 62.4 cm³/mol. The Kier molecular flexibility index (Phi) is 5.60. The van der Waals surface area contributed by atoms with Crippen LogP contribution in [0, 0.1) is 0 Å². The fourth-order valence-corrected chi connectivity index (χ4v) is 1.68. The van der Waals surface area contributed by atoms with Crippen LogP contribution < -0.4 is 0 Å². The Bertz CT molecular complexity index is 253. The Labute approximate surface area is 89.7 Å². The lowest BCUT2D eigenvalue weighted by molar-refractivity contribution is 0.224. The highest BCUT2D eigenvalue weighted by Crippen LogP contribution is 2.08. The van der Waals surface area contributed by atoms with Gasteiger partial charge in [-0.15, -0.1) is 0 Å². The molecule has 1 aromatic heterocycles. The van der Waals surface area contributed by atoms with Crippen LogP contribution in [0.3, 0.4) is 0 Å². The third-order valence-corrected chi connectivity index (χ3v) is 2.35. The van der Waals surface area contributed by atoms with Crippen molar-refractivity contribution in [2.24, 2.45) is 0 Å². The first-order valence-electron chi connectivity index (χ1n) is 4.80. The summed E-state index contributed by atoms with van der Waals surface area (Å²) < 4.78 is 10.8. The number of hydrogen-bond donors (Lipinski definition) is 0. The van der Waals surface area contributed by atoms with Crippen molar-refractivity contribution in [3.05, 3.63) is 28.4 Å². The van der Waals surface area contributed by atoms with Crippen molar-refractivity contribution >= 4 is 24.5 Å². The Balaban J connectivity index is 2.45. The Morgan fingerprint density at radius 3 is 2.57 bits per heavy atom. The molecular formula is C10H15BO2S. The van der Waals surface area contributed by atoms with E-state index in [1.54, 1.807) is 11.3 Å². The van der Waals surface area contributed by atoms with Gasteiger partial charge in [0.25, 0.3) is 0 Å². The third kappa shape index (κ3) is 4.09. The molecule has 0 radical (unpaired) electrons. The molecule has 0 N–H and O–H groups in total. The number of thiophene rings is 1. The average molecular weight is 210 g/mol. The number of rotatable bonds is 6. The van der Waals surface area contributed by atoms with Gasteiger partial charge in [0.1, 0.15) is 0 Å². The van der Waals surface area contributed by atoms with Crippen molar-refractivity contribution in [3.8, 4) is 0 Å². The van der Waals surface area contributed by atoms with Gasteiger partial charge in [-0.3, -0.25) is 0 Å². The van der Waals surface area contributed by atoms with E-state index >= 15 is 0 Å². The van der Waals surface area contributed by atoms with E-state index in [1.165, 1.54) is 5.56 Å². The molecule has 4 heteroatoms. The zero-order valence-corrected chi connectivity index (χ0v) is 9.42. The molecule has 0 saturated carbocycles. The van der Waals surface area contributed by atoms with E-state index in [0.29, 0.717) is 13.2 Å². The van der Waals surface area contributed by atoms with Crippen LogP contribution in [0.1, 0.15) is 19.4 Å². The molecule has 0 atom stereocenters. The fraction of sp³-hybridized carbons (Fsp3) is 0.400. The van der Waals surface area contributed by atoms with Crippen molar-refractivity contribution in [2.45, 2.75) is 13.8 Å². The lowest BCUT2D eigenvalue weighted by Gasteiger charge is -2.07. The summed E-state index contributed by atoms with van der Waals surface area (Å²) in [6.45, 7) is 5.26. The quantitative estimate of drug-likeness (QED) is 0.672. The molecule has 0 bridgehead atoms. The van der Waals surface area contributed by atoms with Crippen LogP contribution >= 0.6 is 11.3 Å². The lowest BCUT2D eigenvalue weighted by atomic mass is 9.89. The molecule has 76 valence electrons. The molecule has 0 aromatic carbocycles. The van der Waals surface area contributed by atoms with Crippen molar-refractivity contribution in [3.63, 3.8) is 0 Å². The SMILES string of the molecule is CCOB(/C=C/c1ccsc1)OCC. The van der Waals surface area contributed by atoms with Crippen molar-refractivity contribution in [1.29, 1.82) is 0 Å². The molecular weight excluding hydrogens is 195 g/mol. The smallest absolute Gasteiger partial charge is 0.408 e. The topological polar surface area (TPSA) is 18.5 Å². The van der Waals surface area contributed by atoms with E-state index in [1.807, 2.05) is 25.9 Å². The minimum absolute atomic E-state index is 0.218. The van der Waals surface area contributed by atoms with Gasteiger partial charge in [-0.05, 0) is 36.2 Å². The first-order chi connectivity index (χ1) is 6.86. The van der Waals surface area contributed by atoms with Gasteiger partial charge in [0.15, 0.2) is 0 Å². The van der Waals surface area contributed by atoms with Crippen molar-refractivity contribution in [2.75, 3.05) is 13.2 Å². The Morgan fingerprint density at radius 1 is 1.36 bits per heavy atom. The molecule has 1 aromatic rings. The third-order valence-electron chi connectivity index (χ3n) is 1.65. The maximum Gasteiger partial charge on any atom is 0.486 e. The van der Waals surface area contributed by atoms with Gasteiger partial charge >= 0.3 is 7.12 Å². The molecule has 0 aliphatic rings. The second-order valence-corrected chi connectivity index (χ2v) is 3.47. The van der Waals surface area contributed by atoms with Gasteiger partial charge in [-0.1, -0.05) is 12.1 Å². The molecule has 0 aliphatic heterocycles. The van der Waals surface area contributed by atoms with Crippen molar-refractivity contribution < 1.29 is 9.31 Å². The summed E-state index contributed by atoms with van der Waals surface area (Å²) in [5.74, 6) is 1.94. The second-order valence-electron chi connectivity index (χ2n) is 2.69. The van der Waals surface area contributed by atoms with Crippen LogP contribution in [0.2, 0.25) is 0 Å². The summed E-state index contributed by atoms with van der Waals surface area (Å²) in [4.78, 5) is 0. The summed E-state index contributed by atoms with van der Waals surface area (Å²) in [6, 6.07) is 2.07. The molecule has 0 saturated heterocycles. The number of hydrogen-bond acceptors (Lipinski definition) is 3. The first-order valence-corrected chi connectivity index (χ1v) is 5.74. The minimum atomic E-state index is -0.218. The molecule has 0 amide bonds. The molecule has 1 heterocycles. The lowest BCUT2D eigenvalue weighted by Crippen LogP contribution is -2.20.